The van der Waals surface area contributed by atoms with Gasteiger partial charge < -0.3 is 9.47 Å². The molecule has 2 aliphatic heterocycles. The minimum Gasteiger partial charge on any atom is -0.335 e. The first-order chi connectivity index (χ1) is 12.9. The summed E-state index contributed by atoms with van der Waals surface area (Å²) in [6.45, 7) is 3.29. The van der Waals surface area contributed by atoms with E-state index in [1.54, 1.807) is 24.1 Å². The fraction of sp³-hybridized carbons (Fsp3) is 0.474. The molecule has 7 nitrogen and oxygen atoms in total. The first kappa shape index (κ1) is 18.2. The molecule has 1 aromatic carbocycles. The van der Waals surface area contributed by atoms with Crippen molar-refractivity contribution in [2.75, 3.05) is 18.5 Å². The molecule has 1 aromatic heterocycles. The molecule has 27 heavy (non-hydrogen) atoms. The Kier molecular flexibility index (Phi) is 4.55. The maximum atomic E-state index is 13.0. The maximum Gasteiger partial charge on any atom is 0.243 e. The van der Waals surface area contributed by atoms with Gasteiger partial charge in [-0.1, -0.05) is 6.07 Å². The Bertz CT molecular complexity index is 973. The predicted molar refractivity (Wildman–Crippen MR) is 102 cm³/mol. The van der Waals surface area contributed by atoms with Crippen LogP contribution in [0.25, 0.3) is 0 Å². The molecule has 0 saturated heterocycles. The molecule has 0 radical (unpaired) electrons. The smallest absolute Gasteiger partial charge is 0.243 e. The first-order valence-corrected chi connectivity index (χ1v) is 10.7. The molecule has 0 spiro atoms. The topological polar surface area (TPSA) is 75.5 Å². The highest BCUT2D eigenvalue weighted by Crippen LogP contribution is 2.31. The van der Waals surface area contributed by atoms with Crippen LogP contribution in [0.3, 0.4) is 0 Å². The van der Waals surface area contributed by atoms with Gasteiger partial charge in [0.05, 0.1) is 17.1 Å². The van der Waals surface area contributed by atoms with Crippen molar-refractivity contribution in [2.24, 2.45) is 0 Å². The van der Waals surface area contributed by atoms with Crippen LogP contribution in [0.2, 0.25) is 0 Å². The fourth-order valence-corrected chi connectivity index (χ4v) is 5.05. The quantitative estimate of drug-likeness (QED) is 0.802. The number of aromatic nitrogens is 2. The second-order valence-corrected chi connectivity index (χ2v) is 9.32. The molecule has 2 aliphatic rings. The summed E-state index contributed by atoms with van der Waals surface area (Å²) < 4.78 is 29.5. The second-order valence-electron chi connectivity index (χ2n) is 7.27. The third-order valence-corrected chi connectivity index (χ3v) is 7.18. The maximum absolute atomic E-state index is 13.0. The molecule has 2 aromatic rings. The number of anilines is 1. The van der Waals surface area contributed by atoms with E-state index in [1.165, 1.54) is 11.2 Å². The van der Waals surface area contributed by atoms with Crippen LogP contribution in [-0.2, 0) is 40.7 Å². The average molecular weight is 388 g/mol. The van der Waals surface area contributed by atoms with Crippen LogP contribution in [0.15, 0.2) is 29.3 Å². The molecule has 0 N–H and O–H groups in total. The number of aryl methyl sites for hydroxylation is 2. The monoisotopic (exact) mass is 388 g/mol. The van der Waals surface area contributed by atoms with Gasteiger partial charge in [0.1, 0.15) is 5.82 Å². The van der Waals surface area contributed by atoms with E-state index < -0.39 is 10.0 Å². The number of nitrogens with zero attached hydrogens (tertiary/aromatic N) is 4. The number of sulfonamides is 1. The molecular weight excluding hydrogens is 364 g/mol. The Morgan fingerprint density at radius 3 is 2.78 bits per heavy atom. The van der Waals surface area contributed by atoms with Gasteiger partial charge in [-0.15, -0.1) is 0 Å². The zero-order valence-electron chi connectivity index (χ0n) is 15.7. The highest BCUT2D eigenvalue weighted by Gasteiger charge is 2.27. The number of hydrogen-bond donors (Lipinski definition) is 0. The molecule has 1 amide bonds. The van der Waals surface area contributed by atoms with Gasteiger partial charge in [-0.2, -0.15) is 4.31 Å². The van der Waals surface area contributed by atoms with E-state index in [1.807, 2.05) is 12.3 Å². The Labute approximate surface area is 159 Å². The van der Waals surface area contributed by atoms with E-state index in [4.69, 9.17) is 0 Å². The number of rotatable bonds is 4. The van der Waals surface area contributed by atoms with E-state index in [0.29, 0.717) is 12.2 Å². The Morgan fingerprint density at radius 2 is 2.04 bits per heavy atom. The third-order valence-electron chi connectivity index (χ3n) is 5.38. The van der Waals surface area contributed by atoms with Gasteiger partial charge >= 0.3 is 0 Å². The highest BCUT2D eigenvalue weighted by atomic mass is 32.2. The summed E-state index contributed by atoms with van der Waals surface area (Å²) in [6.07, 6.45) is 5.93. The van der Waals surface area contributed by atoms with Crippen LogP contribution >= 0.6 is 0 Å². The van der Waals surface area contributed by atoms with E-state index in [9.17, 15) is 13.2 Å². The molecule has 8 heteroatoms. The van der Waals surface area contributed by atoms with E-state index in [0.717, 1.165) is 49.3 Å². The van der Waals surface area contributed by atoms with E-state index in [-0.39, 0.29) is 17.3 Å². The molecule has 0 bridgehead atoms. The molecule has 0 aliphatic carbocycles. The van der Waals surface area contributed by atoms with Crippen LogP contribution in [-0.4, -0.2) is 41.8 Å². The summed E-state index contributed by atoms with van der Waals surface area (Å²) in [6, 6.07) is 5.06. The van der Waals surface area contributed by atoms with E-state index in [2.05, 4.69) is 9.55 Å². The van der Waals surface area contributed by atoms with Crippen molar-refractivity contribution in [2.45, 2.75) is 50.6 Å². The summed E-state index contributed by atoms with van der Waals surface area (Å²) in [4.78, 5) is 18.2. The zero-order valence-corrected chi connectivity index (χ0v) is 16.5. The minimum absolute atomic E-state index is 0.0692. The predicted octanol–water partition coefficient (Wildman–Crippen LogP) is 1.95. The Hall–Kier alpha value is -2.19. The van der Waals surface area contributed by atoms with Gasteiger partial charge in [0.2, 0.25) is 15.9 Å². The summed E-state index contributed by atoms with van der Waals surface area (Å²) in [5, 5.41) is 0. The lowest BCUT2D eigenvalue weighted by atomic mass is 10.2. The highest BCUT2D eigenvalue weighted by molar-refractivity contribution is 7.89. The van der Waals surface area contributed by atoms with Crippen molar-refractivity contribution in [3.8, 4) is 0 Å². The fourth-order valence-electron chi connectivity index (χ4n) is 3.89. The number of imidazole rings is 1. The van der Waals surface area contributed by atoms with E-state index >= 15 is 0 Å². The molecule has 4 rings (SSSR count). The number of carbonyl (C=O) groups excluding carboxylic acids is 1. The average Bonchev–Trinajstić information content (AvgIpc) is 3.24. The van der Waals surface area contributed by atoms with Gasteiger partial charge in [-0.05, 0) is 37.0 Å². The van der Waals surface area contributed by atoms with Crippen LogP contribution in [0.1, 0.15) is 36.8 Å². The SMILES string of the molecule is CC(=O)N1CCc2ccc(S(=O)(=O)N(C)Cc3cn4c(n3)CCCC4)cc21. The minimum atomic E-state index is -3.66. The normalized spacial score (nSPS) is 16.5. The van der Waals surface area contributed by atoms with Crippen molar-refractivity contribution in [3.63, 3.8) is 0 Å². The Balaban J connectivity index is 1.58. The standard InChI is InChI=1S/C19H24N4O3S/c1-14(24)23-10-8-15-6-7-17(11-18(15)23)27(25,26)21(2)12-16-13-22-9-4-3-5-19(22)20-16/h6-7,11,13H,3-5,8-10,12H2,1-2H3. The lowest BCUT2D eigenvalue weighted by molar-refractivity contribution is -0.116. The number of hydrogen-bond acceptors (Lipinski definition) is 4. The van der Waals surface area contributed by atoms with Crippen molar-refractivity contribution in [1.82, 2.24) is 13.9 Å². The van der Waals surface area contributed by atoms with Crippen LogP contribution in [0.5, 0.6) is 0 Å². The van der Waals surface area contributed by atoms with Crippen LogP contribution < -0.4 is 4.90 Å². The van der Waals surface area contributed by atoms with Gasteiger partial charge in [-0.25, -0.2) is 13.4 Å². The summed E-state index contributed by atoms with van der Waals surface area (Å²) in [7, 11) is -2.09. The number of amides is 1. The Morgan fingerprint density at radius 1 is 1.22 bits per heavy atom. The van der Waals surface area contributed by atoms with Crippen LogP contribution in [0.4, 0.5) is 5.69 Å². The third kappa shape index (κ3) is 3.27. The van der Waals surface area contributed by atoms with Gasteiger partial charge in [0.25, 0.3) is 0 Å². The molecule has 144 valence electrons. The summed E-state index contributed by atoms with van der Waals surface area (Å²) >= 11 is 0. The first-order valence-electron chi connectivity index (χ1n) is 9.28. The molecule has 0 atom stereocenters. The number of carbonyl (C=O) groups is 1. The van der Waals surface area contributed by atoms with Crippen LogP contribution in [0, 0.1) is 0 Å². The van der Waals surface area contributed by atoms with Gasteiger partial charge in [-0.3, -0.25) is 4.79 Å². The lowest BCUT2D eigenvalue weighted by Crippen LogP contribution is -2.28. The second kappa shape index (κ2) is 6.76. The molecule has 0 saturated carbocycles. The van der Waals surface area contributed by atoms with Crippen molar-refractivity contribution in [1.29, 1.82) is 0 Å². The summed E-state index contributed by atoms with van der Waals surface area (Å²) in [5.74, 6) is 0.969. The van der Waals surface area contributed by atoms with Crippen molar-refractivity contribution < 1.29 is 13.2 Å². The molecule has 0 fully saturated rings. The van der Waals surface area contributed by atoms with Gasteiger partial charge in [0.15, 0.2) is 0 Å². The number of fused-ring (bicyclic) bond motifs is 2. The van der Waals surface area contributed by atoms with Crippen molar-refractivity contribution >= 4 is 21.6 Å². The molecular formula is C19H24N4O3S. The lowest BCUT2D eigenvalue weighted by Gasteiger charge is -2.19. The number of benzene rings is 1. The van der Waals surface area contributed by atoms with Gasteiger partial charge in [0, 0.05) is 45.4 Å². The largest absolute Gasteiger partial charge is 0.335 e. The molecule has 3 heterocycles. The molecule has 0 unspecified atom stereocenters. The summed E-state index contributed by atoms with van der Waals surface area (Å²) in [5.41, 5.74) is 2.48. The zero-order chi connectivity index (χ0) is 19.2. The van der Waals surface area contributed by atoms with Crippen molar-refractivity contribution in [3.05, 3.63) is 41.5 Å².